The van der Waals surface area contributed by atoms with E-state index in [2.05, 4.69) is 11.1 Å². The number of para-hydroxylation sites is 1. The van der Waals surface area contributed by atoms with Crippen LogP contribution in [0.2, 0.25) is 0 Å². The number of thioether (sulfide) groups is 1. The van der Waals surface area contributed by atoms with Crippen LogP contribution in [-0.2, 0) is 27.3 Å². The van der Waals surface area contributed by atoms with Crippen LogP contribution >= 0.6 is 23.1 Å². The fraction of sp³-hybridized carbons (Fsp3) is 0.423. The number of aromatic nitrogens is 1. The second-order valence-electron chi connectivity index (χ2n) is 8.07. The zero-order valence-corrected chi connectivity index (χ0v) is 21.8. The summed E-state index contributed by atoms with van der Waals surface area (Å²) in [5, 5.41) is 0. The van der Waals surface area contributed by atoms with E-state index in [0.29, 0.717) is 31.2 Å². The second kappa shape index (κ2) is 12.4. The predicted molar refractivity (Wildman–Crippen MR) is 142 cm³/mol. The van der Waals surface area contributed by atoms with Gasteiger partial charge in [0.25, 0.3) is 5.91 Å². The molecule has 1 aliphatic rings. The summed E-state index contributed by atoms with van der Waals surface area (Å²) < 4.78 is 14.2. The molecule has 0 aliphatic carbocycles. The number of hydrogen-bond donors (Lipinski definition) is 0. The van der Waals surface area contributed by atoms with Gasteiger partial charge in [0.2, 0.25) is 5.91 Å². The fourth-order valence-electron chi connectivity index (χ4n) is 4.15. The first-order chi connectivity index (χ1) is 17.1. The van der Waals surface area contributed by atoms with Gasteiger partial charge in [-0.05, 0) is 56.5 Å². The van der Waals surface area contributed by atoms with E-state index in [1.807, 2.05) is 59.7 Å². The molecule has 7 nitrogen and oxygen atoms in total. The van der Waals surface area contributed by atoms with E-state index in [4.69, 9.17) is 9.47 Å². The molecule has 3 aromatic rings. The third kappa shape index (κ3) is 6.34. The number of carbonyl (C=O) groups excluding carboxylic acids is 2. The molecule has 9 heteroatoms. The number of benzene rings is 2. The van der Waals surface area contributed by atoms with Crippen molar-refractivity contribution in [3.05, 3.63) is 52.8 Å². The van der Waals surface area contributed by atoms with Gasteiger partial charge < -0.3 is 18.9 Å². The van der Waals surface area contributed by atoms with Crippen LogP contribution in [0.3, 0.4) is 0 Å². The Morgan fingerprint density at radius 2 is 1.97 bits per heavy atom. The van der Waals surface area contributed by atoms with Gasteiger partial charge in [0, 0.05) is 25.4 Å². The summed E-state index contributed by atoms with van der Waals surface area (Å²) in [5.74, 6) is 0.995. The number of fused-ring (bicyclic) bond motifs is 2. The maximum atomic E-state index is 12.8. The molecule has 0 bridgehead atoms. The van der Waals surface area contributed by atoms with Crippen molar-refractivity contribution in [1.29, 1.82) is 0 Å². The van der Waals surface area contributed by atoms with Crippen LogP contribution in [0.4, 0.5) is 5.69 Å². The Kier molecular flexibility index (Phi) is 9.01. The summed E-state index contributed by atoms with van der Waals surface area (Å²) in [6.07, 6.45) is 1.95. The zero-order chi connectivity index (χ0) is 24.6. The molecular formula is C26H31N3O4S2. The van der Waals surface area contributed by atoms with E-state index < -0.39 is 0 Å². The highest BCUT2D eigenvalue weighted by Gasteiger charge is 2.22. The Balaban J connectivity index is 1.44. The molecule has 0 fully saturated rings. The molecule has 0 atom stereocenters. The van der Waals surface area contributed by atoms with E-state index in [1.54, 1.807) is 0 Å². The summed E-state index contributed by atoms with van der Waals surface area (Å²) in [6.45, 7) is 7.00. The minimum absolute atomic E-state index is 0.0343. The maximum Gasteiger partial charge on any atom is 0.258 e. The van der Waals surface area contributed by atoms with Gasteiger partial charge in [-0.25, -0.2) is 0 Å². The molecule has 2 heterocycles. The maximum absolute atomic E-state index is 12.8. The highest BCUT2D eigenvalue weighted by molar-refractivity contribution is 8.00. The molecule has 35 heavy (non-hydrogen) atoms. The van der Waals surface area contributed by atoms with Crippen LogP contribution in [0.25, 0.3) is 10.2 Å². The number of thiazole rings is 1. The summed E-state index contributed by atoms with van der Waals surface area (Å²) >= 11 is 2.78. The van der Waals surface area contributed by atoms with Gasteiger partial charge in [0.15, 0.2) is 4.80 Å². The fourth-order valence-corrected chi connectivity index (χ4v) is 5.92. The monoisotopic (exact) mass is 513 g/mol. The third-order valence-electron chi connectivity index (χ3n) is 5.71. The molecule has 1 aromatic heterocycles. The topological polar surface area (TPSA) is 73.1 Å². The molecule has 0 saturated heterocycles. The Bertz CT molecular complexity index is 1250. The molecule has 0 unspecified atom stereocenters. The van der Waals surface area contributed by atoms with Gasteiger partial charge in [-0.3, -0.25) is 9.59 Å². The van der Waals surface area contributed by atoms with Crippen LogP contribution in [0.1, 0.15) is 25.8 Å². The van der Waals surface area contributed by atoms with Gasteiger partial charge in [-0.1, -0.05) is 29.5 Å². The minimum atomic E-state index is -0.247. The van der Waals surface area contributed by atoms with E-state index >= 15 is 0 Å². The summed E-state index contributed by atoms with van der Waals surface area (Å²) in [4.78, 5) is 32.4. The van der Waals surface area contributed by atoms with E-state index in [1.165, 1.54) is 28.7 Å². The lowest BCUT2D eigenvalue weighted by Gasteiger charge is -2.29. The number of hydrogen-bond acceptors (Lipinski definition) is 6. The Labute approximate surface area is 213 Å². The second-order valence-corrected chi connectivity index (χ2v) is 10.1. The van der Waals surface area contributed by atoms with Gasteiger partial charge in [0.05, 0.1) is 34.9 Å². The molecule has 186 valence electrons. The van der Waals surface area contributed by atoms with Crippen LogP contribution in [0.15, 0.2) is 47.5 Å². The largest absolute Gasteiger partial charge is 0.494 e. The lowest BCUT2D eigenvalue weighted by molar-refractivity contribution is -0.116. The molecular weight excluding hydrogens is 482 g/mol. The van der Waals surface area contributed by atoms with Crippen molar-refractivity contribution < 1.29 is 19.1 Å². The first-order valence-corrected chi connectivity index (χ1v) is 13.9. The number of carbonyl (C=O) groups is 2. The van der Waals surface area contributed by atoms with Crippen molar-refractivity contribution in [3.8, 4) is 5.75 Å². The number of aryl methyl sites for hydroxylation is 1. The number of anilines is 1. The summed E-state index contributed by atoms with van der Waals surface area (Å²) in [6, 6.07) is 14.0. The zero-order valence-electron chi connectivity index (χ0n) is 20.2. The lowest BCUT2D eigenvalue weighted by atomic mass is 10.0. The van der Waals surface area contributed by atoms with Crippen molar-refractivity contribution in [2.75, 3.05) is 42.8 Å². The quantitative estimate of drug-likeness (QED) is 0.379. The third-order valence-corrected chi connectivity index (χ3v) is 7.65. The molecule has 4 rings (SSSR count). The smallest absolute Gasteiger partial charge is 0.258 e. The van der Waals surface area contributed by atoms with E-state index in [9.17, 15) is 9.59 Å². The van der Waals surface area contributed by atoms with Crippen LogP contribution in [0.5, 0.6) is 5.75 Å². The van der Waals surface area contributed by atoms with Gasteiger partial charge in [-0.2, -0.15) is 4.99 Å². The molecule has 2 aromatic carbocycles. The number of rotatable bonds is 10. The number of ether oxygens (including phenoxy) is 2. The number of nitrogens with zero attached hydrogens (tertiary/aromatic N) is 3. The van der Waals surface area contributed by atoms with Gasteiger partial charge in [-0.15, -0.1) is 11.8 Å². The summed E-state index contributed by atoms with van der Waals surface area (Å²) in [7, 11) is 0. The van der Waals surface area contributed by atoms with Crippen molar-refractivity contribution in [2.45, 2.75) is 33.2 Å². The molecule has 2 amide bonds. The Morgan fingerprint density at radius 3 is 2.80 bits per heavy atom. The predicted octanol–water partition coefficient (Wildman–Crippen LogP) is 4.28. The van der Waals surface area contributed by atoms with Crippen molar-refractivity contribution in [3.63, 3.8) is 0 Å². The van der Waals surface area contributed by atoms with Gasteiger partial charge >= 0.3 is 0 Å². The molecule has 0 spiro atoms. The first kappa shape index (κ1) is 25.5. The standard InChI is InChI=1S/C26H31N3O4S2/c1-3-32-15-14-29-22-12-11-20(33-4-2)16-23(22)35-26(29)27-24(30)17-34-18-25(31)28-13-7-9-19-8-5-6-10-21(19)28/h5-6,8,10-12,16H,3-4,7,9,13-15,17-18H2,1-2H3. The first-order valence-electron chi connectivity index (χ1n) is 12.0. The number of amides is 2. The average molecular weight is 514 g/mol. The summed E-state index contributed by atoms with van der Waals surface area (Å²) in [5.41, 5.74) is 3.20. The lowest BCUT2D eigenvalue weighted by Crippen LogP contribution is -2.36. The minimum Gasteiger partial charge on any atom is -0.494 e. The average Bonchev–Trinajstić information content (AvgIpc) is 3.20. The van der Waals surface area contributed by atoms with E-state index in [0.717, 1.165) is 41.0 Å². The highest BCUT2D eigenvalue weighted by atomic mass is 32.2. The van der Waals surface area contributed by atoms with Crippen molar-refractivity contribution >= 4 is 50.8 Å². The SMILES string of the molecule is CCOCCn1c(=NC(=O)CSCC(=O)N2CCCc3ccccc32)sc2cc(OCC)ccc21. The molecule has 0 radical (unpaired) electrons. The van der Waals surface area contributed by atoms with E-state index in [-0.39, 0.29) is 23.3 Å². The molecule has 1 aliphatic heterocycles. The Morgan fingerprint density at radius 1 is 1.11 bits per heavy atom. The van der Waals surface area contributed by atoms with Gasteiger partial charge in [0.1, 0.15) is 5.75 Å². The van der Waals surface area contributed by atoms with Crippen LogP contribution in [0, 0.1) is 0 Å². The normalized spacial score (nSPS) is 13.8. The molecule has 0 saturated carbocycles. The Hall–Kier alpha value is -2.62. The van der Waals surface area contributed by atoms with Crippen molar-refractivity contribution in [1.82, 2.24) is 4.57 Å². The van der Waals surface area contributed by atoms with Crippen LogP contribution < -0.4 is 14.4 Å². The van der Waals surface area contributed by atoms with Crippen molar-refractivity contribution in [2.24, 2.45) is 4.99 Å². The van der Waals surface area contributed by atoms with Crippen LogP contribution in [-0.4, -0.2) is 54.3 Å². The molecule has 0 N–H and O–H groups in total. The highest BCUT2D eigenvalue weighted by Crippen LogP contribution is 2.27.